The van der Waals surface area contributed by atoms with Crippen LogP contribution in [0.3, 0.4) is 0 Å². The largest absolute Gasteiger partial charge is 0.311 e. The Labute approximate surface area is 135 Å². The monoisotopic (exact) mass is 298 g/mol. The fourth-order valence-electron chi connectivity index (χ4n) is 3.21. The van der Waals surface area contributed by atoms with Crippen molar-refractivity contribution in [2.24, 2.45) is 0 Å². The molecule has 1 fully saturated rings. The molecule has 120 valence electrons. The van der Waals surface area contributed by atoms with Gasteiger partial charge in [0, 0.05) is 31.7 Å². The molecule has 22 heavy (non-hydrogen) atoms. The Morgan fingerprint density at radius 3 is 2.77 bits per heavy atom. The Kier molecular flexibility index (Phi) is 6.41. The average Bonchev–Trinajstić information content (AvgIpc) is 2.51. The zero-order valence-corrected chi connectivity index (χ0v) is 14.5. The molecule has 0 aromatic heterocycles. The van der Waals surface area contributed by atoms with E-state index >= 15 is 0 Å². The lowest BCUT2D eigenvalue weighted by molar-refractivity contribution is 0.147. The van der Waals surface area contributed by atoms with Crippen LogP contribution in [0.5, 0.6) is 0 Å². The highest BCUT2D eigenvalue weighted by molar-refractivity contribution is 5.27. The van der Waals surface area contributed by atoms with Gasteiger partial charge in [-0.2, -0.15) is 0 Å². The van der Waals surface area contributed by atoms with Crippen molar-refractivity contribution in [3.05, 3.63) is 59.2 Å². The van der Waals surface area contributed by atoms with Gasteiger partial charge in [0.25, 0.3) is 0 Å². The van der Waals surface area contributed by atoms with E-state index in [1.165, 1.54) is 16.7 Å². The van der Waals surface area contributed by atoms with Gasteiger partial charge >= 0.3 is 0 Å². The number of benzene rings is 1. The van der Waals surface area contributed by atoms with Crippen LogP contribution in [0.25, 0.3) is 0 Å². The van der Waals surface area contributed by atoms with E-state index in [9.17, 15) is 0 Å². The van der Waals surface area contributed by atoms with Gasteiger partial charge in [0.2, 0.25) is 0 Å². The molecule has 2 atom stereocenters. The first-order valence-electron chi connectivity index (χ1n) is 8.43. The van der Waals surface area contributed by atoms with Crippen molar-refractivity contribution < 1.29 is 0 Å². The molecule has 1 aromatic rings. The molecule has 0 saturated carbocycles. The normalized spacial score (nSPS) is 24.1. The fraction of sp³-hybridized carbons (Fsp3) is 0.500. The summed E-state index contributed by atoms with van der Waals surface area (Å²) in [7, 11) is 0. The van der Waals surface area contributed by atoms with Crippen LogP contribution >= 0.6 is 0 Å². The maximum atomic E-state index is 3.65. The Bertz CT molecular complexity index is 530. The fourth-order valence-corrected chi connectivity index (χ4v) is 3.21. The summed E-state index contributed by atoms with van der Waals surface area (Å²) >= 11 is 0. The quantitative estimate of drug-likeness (QED) is 0.833. The summed E-state index contributed by atoms with van der Waals surface area (Å²) in [5.41, 5.74) is 4.29. The van der Waals surface area contributed by atoms with E-state index in [0.29, 0.717) is 12.1 Å². The van der Waals surface area contributed by atoms with Crippen molar-refractivity contribution in [2.45, 2.75) is 46.2 Å². The average molecular weight is 298 g/mol. The van der Waals surface area contributed by atoms with E-state index in [1.807, 2.05) is 0 Å². The molecular formula is C20H30N2. The van der Waals surface area contributed by atoms with Gasteiger partial charge < -0.3 is 5.32 Å². The lowest BCUT2D eigenvalue weighted by atomic mass is 9.97. The van der Waals surface area contributed by atoms with Gasteiger partial charge in [0.15, 0.2) is 0 Å². The number of piperazine rings is 1. The smallest absolute Gasteiger partial charge is 0.0265 e. The second kappa shape index (κ2) is 8.30. The van der Waals surface area contributed by atoms with Crippen LogP contribution in [0.1, 0.15) is 31.9 Å². The SMILES string of the molecule is C/C=C\C(=C/C)CN1CC(C)NCC1Cc1ccccc1C. The summed E-state index contributed by atoms with van der Waals surface area (Å²) in [5, 5.41) is 3.65. The molecule has 1 aliphatic heterocycles. The number of allylic oxidation sites excluding steroid dienone is 2. The third-order valence-corrected chi connectivity index (χ3v) is 4.58. The van der Waals surface area contributed by atoms with Gasteiger partial charge in [0.05, 0.1) is 0 Å². The molecule has 2 rings (SSSR count). The molecule has 2 nitrogen and oxygen atoms in total. The van der Waals surface area contributed by atoms with E-state index in [-0.39, 0.29) is 0 Å². The van der Waals surface area contributed by atoms with Gasteiger partial charge in [0.1, 0.15) is 0 Å². The van der Waals surface area contributed by atoms with Crippen molar-refractivity contribution in [3.63, 3.8) is 0 Å². The minimum Gasteiger partial charge on any atom is -0.311 e. The Hall–Kier alpha value is -1.38. The van der Waals surface area contributed by atoms with E-state index < -0.39 is 0 Å². The molecule has 0 amide bonds. The van der Waals surface area contributed by atoms with Crippen molar-refractivity contribution in [1.82, 2.24) is 10.2 Å². The van der Waals surface area contributed by atoms with Crippen LogP contribution < -0.4 is 5.32 Å². The first kappa shape index (κ1) is 17.0. The lowest BCUT2D eigenvalue weighted by Crippen LogP contribution is -2.56. The van der Waals surface area contributed by atoms with Crippen molar-refractivity contribution >= 4 is 0 Å². The number of nitrogens with one attached hydrogen (secondary N) is 1. The highest BCUT2D eigenvalue weighted by Gasteiger charge is 2.26. The molecular weight excluding hydrogens is 268 g/mol. The minimum atomic E-state index is 0.567. The maximum absolute atomic E-state index is 3.65. The highest BCUT2D eigenvalue weighted by atomic mass is 15.2. The van der Waals surface area contributed by atoms with Crippen molar-refractivity contribution in [1.29, 1.82) is 0 Å². The Balaban J connectivity index is 2.11. The Morgan fingerprint density at radius 1 is 1.32 bits per heavy atom. The standard InChI is InChI=1S/C20H30N2/c1-5-9-18(6-2)15-22-14-17(4)21-13-20(22)12-19-11-8-7-10-16(19)3/h5-11,17,20-21H,12-15H2,1-4H3/b9-5-,18-6+. The summed E-state index contributed by atoms with van der Waals surface area (Å²) in [4.78, 5) is 2.64. The van der Waals surface area contributed by atoms with Crippen LogP contribution in [0.2, 0.25) is 0 Å². The molecule has 1 heterocycles. The predicted molar refractivity (Wildman–Crippen MR) is 96.3 cm³/mol. The molecule has 2 unspecified atom stereocenters. The van der Waals surface area contributed by atoms with E-state index in [1.54, 1.807) is 0 Å². The van der Waals surface area contributed by atoms with Crippen molar-refractivity contribution in [3.8, 4) is 0 Å². The van der Waals surface area contributed by atoms with E-state index in [0.717, 1.165) is 26.1 Å². The van der Waals surface area contributed by atoms with E-state index in [2.05, 4.69) is 80.4 Å². The molecule has 0 radical (unpaired) electrons. The molecule has 0 aliphatic carbocycles. The number of rotatable bonds is 5. The van der Waals surface area contributed by atoms with Gasteiger partial charge in [-0.25, -0.2) is 0 Å². The predicted octanol–water partition coefficient (Wildman–Crippen LogP) is 3.72. The summed E-state index contributed by atoms with van der Waals surface area (Å²) in [6.45, 7) is 12.0. The van der Waals surface area contributed by atoms with Crippen LogP contribution in [0, 0.1) is 6.92 Å². The number of nitrogens with zero attached hydrogens (tertiary/aromatic N) is 1. The first-order valence-corrected chi connectivity index (χ1v) is 8.43. The highest BCUT2D eigenvalue weighted by Crippen LogP contribution is 2.17. The topological polar surface area (TPSA) is 15.3 Å². The van der Waals surface area contributed by atoms with Crippen LogP contribution in [0.4, 0.5) is 0 Å². The summed E-state index contributed by atoms with van der Waals surface area (Å²) < 4.78 is 0. The van der Waals surface area contributed by atoms with Crippen molar-refractivity contribution in [2.75, 3.05) is 19.6 Å². The second-order valence-electron chi connectivity index (χ2n) is 6.39. The molecule has 2 heteroatoms. The second-order valence-corrected chi connectivity index (χ2v) is 6.39. The molecule has 1 N–H and O–H groups in total. The van der Waals surface area contributed by atoms with Crippen LogP contribution in [0.15, 0.2) is 48.1 Å². The Morgan fingerprint density at radius 2 is 2.09 bits per heavy atom. The van der Waals surface area contributed by atoms with Crippen LogP contribution in [-0.2, 0) is 6.42 Å². The molecule has 1 aliphatic rings. The molecule has 1 aromatic carbocycles. The molecule has 0 spiro atoms. The number of aryl methyl sites for hydroxylation is 1. The lowest BCUT2D eigenvalue weighted by Gasteiger charge is -2.40. The zero-order chi connectivity index (χ0) is 15.9. The minimum absolute atomic E-state index is 0.567. The van der Waals surface area contributed by atoms with Gasteiger partial charge in [-0.15, -0.1) is 0 Å². The van der Waals surface area contributed by atoms with Gasteiger partial charge in [-0.1, -0.05) is 42.5 Å². The third kappa shape index (κ3) is 4.56. The van der Waals surface area contributed by atoms with Gasteiger partial charge in [-0.3, -0.25) is 4.90 Å². The number of hydrogen-bond acceptors (Lipinski definition) is 2. The molecule has 0 bridgehead atoms. The third-order valence-electron chi connectivity index (χ3n) is 4.58. The maximum Gasteiger partial charge on any atom is 0.0265 e. The number of hydrogen-bond donors (Lipinski definition) is 1. The molecule has 1 saturated heterocycles. The zero-order valence-electron chi connectivity index (χ0n) is 14.5. The van der Waals surface area contributed by atoms with Gasteiger partial charge in [-0.05, 0) is 50.8 Å². The van der Waals surface area contributed by atoms with Crippen LogP contribution in [-0.4, -0.2) is 36.6 Å². The summed E-state index contributed by atoms with van der Waals surface area (Å²) in [5.74, 6) is 0. The first-order chi connectivity index (χ1) is 10.6. The summed E-state index contributed by atoms with van der Waals surface area (Å²) in [6.07, 6.45) is 7.73. The van der Waals surface area contributed by atoms with E-state index in [4.69, 9.17) is 0 Å². The summed E-state index contributed by atoms with van der Waals surface area (Å²) in [6, 6.07) is 9.91.